The quantitative estimate of drug-likeness (QED) is 0.353. The second-order valence-corrected chi connectivity index (χ2v) is 5.33. The van der Waals surface area contributed by atoms with Crippen LogP contribution >= 0.6 is 0 Å². The molecule has 0 radical (unpaired) electrons. The molecule has 0 saturated heterocycles. The molecule has 104 valence electrons. The zero-order valence-electron chi connectivity index (χ0n) is 12.4. The Kier molecular flexibility index (Phi) is 7.25. The van der Waals surface area contributed by atoms with Crippen molar-refractivity contribution in [3.8, 4) is 0 Å². The van der Waals surface area contributed by atoms with E-state index in [1.54, 1.807) is 0 Å². The molecule has 0 aliphatic rings. The van der Waals surface area contributed by atoms with E-state index in [-0.39, 0.29) is 5.41 Å². The molecule has 0 unspecified atom stereocenters. The third-order valence-electron chi connectivity index (χ3n) is 3.98. The van der Waals surface area contributed by atoms with E-state index in [0.29, 0.717) is 0 Å². The van der Waals surface area contributed by atoms with Crippen LogP contribution in [0.15, 0.2) is 55.6 Å². The van der Waals surface area contributed by atoms with Crippen LogP contribution in [0.1, 0.15) is 57.4 Å². The normalized spacial score (nSPS) is 11.2. The van der Waals surface area contributed by atoms with Gasteiger partial charge in [-0.05, 0) is 12.0 Å². The van der Waals surface area contributed by atoms with E-state index in [1.807, 2.05) is 0 Å². The zero-order chi connectivity index (χ0) is 14.0. The van der Waals surface area contributed by atoms with Gasteiger partial charge in [-0.1, -0.05) is 87.9 Å². The fraction of sp³-hybridized carbons (Fsp3) is 0.474. The Labute approximate surface area is 119 Å². The van der Waals surface area contributed by atoms with Crippen molar-refractivity contribution in [3.05, 3.63) is 61.2 Å². The van der Waals surface area contributed by atoms with Gasteiger partial charge >= 0.3 is 0 Å². The lowest BCUT2D eigenvalue weighted by Gasteiger charge is -2.27. The molecule has 0 aliphatic heterocycles. The minimum absolute atomic E-state index is 0.0496. The van der Waals surface area contributed by atoms with E-state index in [4.69, 9.17) is 0 Å². The number of hydrogen-bond donors (Lipinski definition) is 0. The van der Waals surface area contributed by atoms with E-state index >= 15 is 0 Å². The fourth-order valence-electron chi connectivity index (χ4n) is 2.61. The van der Waals surface area contributed by atoms with E-state index < -0.39 is 0 Å². The van der Waals surface area contributed by atoms with Gasteiger partial charge in [0, 0.05) is 5.41 Å². The Hall–Kier alpha value is -1.30. The fourth-order valence-corrected chi connectivity index (χ4v) is 2.61. The van der Waals surface area contributed by atoms with Gasteiger partial charge in [0.2, 0.25) is 0 Å². The van der Waals surface area contributed by atoms with Crippen molar-refractivity contribution < 1.29 is 0 Å². The summed E-state index contributed by atoms with van der Waals surface area (Å²) in [6, 6.07) is 10.6. The highest BCUT2D eigenvalue weighted by atomic mass is 14.3. The second kappa shape index (κ2) is 8.74. The predicted octanol–water partition coefficient (Wildman–Crippen LogP) is 6.05. The van der Waals surface area contributed by atoms with Gasteiger partial charge in [0.25, 0.3) is 0 Å². The summed E-state index contributed by atoms with van der Waals surface area (Å²) in [5.74, 6) is 0. The molecule has 1 aromatic rings. The molecular weight excluding hydrogens is 228 g/mol. The molecule has 0 nitrogen and oxygen atoms in total. The largest absolute Gasteiger partial charge is 0.102 e. The summed E-state index contributed by atoms with van der Waals surface area (Å²) in [5, 5.41) is 0. The van der Waals surface area contributed by atoms with Crippen LogP contribution in [-0.4, -0.2) is 0 Å². The van der Waals surface area contributed by atoms with Gasteiger partial charge < -0.3 is 0 Å². The summed E-state index contributed by atoms with van der Waals surface area (Å²) >= 11 is 0. The van der Waals surface area contributed by atoms with Crippen LogP contribution in [0.3, 0.4) is 0 Å². The first-order valence-corrected chi connectivity index (χ1v) is 7.62. The van der Waals surface area contributed by atoms with Gasteiger partial charge in [0.05, 0.1) is 0 Å². The molecule has 19 heavy (non-hydrogen) atoms. The van der Waals surface area contributed by atoms with Gasteiger partial charge in [-0.3, -0.25) is 0 Å². The van der Waals surface area contributed by atoms with E-state index in [9.17, 15) is 0 Å². The van der Waals surface area contributed by atoms with E-state index in [0.717, 1.165) is 6.42 Å². The third-order valence-corrected chi connectivity index (χ3v) is 3.98. The van der Waals surface area contributed by atoms with Crippen LogP contribution in [0.2, 0.25) is 0 Å². The molecule has 1 aromatic carbocycles. The summed E-state index contributed by atoms with van der Waals surface area (Å²) in [7, 11) is 0. The van der Waals surface area contributed by atoms with E-state index in [1.165, 1.54) is 44.1 Å². The Balaban J connectivity index is 2.53. The molecule has 0 saturated carbocycles. The molecule has 0 heterocycles. The smallest absolute Gasteiger partial charge is 0.0306 e. The average molecular weight is 256 g/mol. The minimum Gasteiger partial charge on any atom is -0.102 e. The maximum Gasteiger partial charge on any atom is 0.0306 e. The predicted molar refractivity (Wildman–Crippen MR) is 86.5 cm³/mol. The summed E-state index contributed by atoms with van der Waals surface area (Å²) < 4.78 is 0. The molecule has 0 amide bonds. The third kappa shape index (κ3) is 4.70. The lowest BCUT2D eigenvalue weighted by atomic mass is 9.76. The van der Waals surface area contributed by atoms with Gasteiger partial charge in [-0.2, -0.15) is 0 Å². The molecule has 0 aromatic heterocycles. The van der Waals surface area contributed by atoms with Gasteiger partial charge in [0.1, 0.15) is 0 Å². The first-order valence-electron chi connectivity index (χ1n) is 7.62. The van der Waals surface area contributed by atoms with Crippen LogP contribution in [0.4, 0.5) is 0 Å². The molecule has 1 rings (SSSR count). The average Bonchev–Trinajstić information content (AvgIpc) is 2.48. The topological polar surface area (TPSA) is 0 Å². The Morgan fingerprint density at radius 2 is 1.47 bits per heavy atom. The monoisotopic (exact) mass is 256 g/mol. The molecule has 0 atom stereocenters. The number of allylic oxidation sites excluding steroid dienone is 2. The van der Waals surface area contributed by atoms with Crippen molar-refractivity contribution in [2.45, 2.75) is 57.3 Å². The summed E-state index contributed by atoms with van der Waals surface area (Å²) in [5.41, 5.74) is 1.26. The molecular formula is C19H28. The van der Waals surface area contributed by atoms with Gasteiger partial charge in [0.15, 0.2) is 0 Å². The Morgan fingerprint density at radius 3 is 2.05 bits per heavy atom. The van der Waals surface area contributed by atoms with Crippen LogP contribution in [0.25, 0.3) is 0 Å². The number of rotatable bonds is 10. The lowest BCUT2D eigenvalue weighted by Crippen LogP contribution is -2.20. The highest BCUT2D eigenvalue weighted by Crippen LogP contribution is 2.32. The first-order chi connectivity index (χ1) is 9.29. The van der Waals surface area contributed by atoms with Gasteiger partial charge in [-0.25, -0.2) is 0 Å². The maximum absolute atomic E-state index is 4.04. The van der Waals surface area contributed by atoms with Crippen molar-refractivity contribution in [3.63, 3.8) is 0 Å². The van der Waals surface area contributed by atoms with Crippen molar-refractivity contribution in [2.24, 2.45) is 0 Å². The van der Waals surface area contributed by atoms with Gasteiger partial charge in [-0.15, -0.1) is 13.2 Å². The van der Waals surface area contributed by atoms with Crippen LogP contribution in [-0.2, 0) is 5.41 Å². The van der Waals surface area contributed by atoms with Crippen LogP contribution < -0.4 is 0 Å². The summed E-state index contributed by atoms with van der Waals surface area (Å²) in [6.07, 6.45) is 13.2. The number of benzene rings is 1. The second-order valence-electron chi connectivity index (χ2n) is 5.33. The van der Waals surface area contributed by atoms with Crippen molar-refractivity contribution >= 4 is 0 Å². The standard InChI is InChI=1S/C19H28/c1-4-7-8-9-10-14-17-19(5-2,6-3)18-15-12-11-13-16-18/h5-6,11-13,15-16H,2-4,7-10,14,17H2,1H3. The maximum atomic E-state index is 4.04. The highest BCUT2D eigenvalue weighted by molar-refractivity contribution is 5.35. The molecule has 0 heteroatoms. The van der Waals surface area contributed by atoms with Crippen molar-refractivity contribution in [1.29, 1.82) is 0 Å². The number of hydrogen-bond acceptors (Lipinski definition) is 0. The summed E-state index contributed by atoms with van der Waals surface area (Å²) in [6.45, 7) is 10.3. The van der Waals surface area contributed by atoms with E-state index in [2.05, 4.69) is 62.6 Å². The SMILES string of the molecule is C=CC(C=C)(CCCCCCCC)c1ccccc1. The molecule has 0 N–H and O–H groups in total. The number of unbranched alkanes of at least 4 members (excludes halogenated alkanes) is 5. The molecule has 0 fully saturated rings. The highest BCUT2D eigenvalue weighted by Gasteiger charge is 2.23. The first kappa shape index (κ1) is 15.8. The zero-order valence-corrected chi connectivity index (χ0v) is 12.4. The van der Waals surface area contributed by atoms with Crippen LogP contribution in [0.5, 0.6) is 0 Å². The lowest BCUT2D eigenvalue weighted by molar-refractivity contribution is 0.522. The Morgan fingerprint density at radius 1 is 0.895 bits per heavy atom. The molecule has 0 spiro atoms. The van der Waals surface area contributed by atoms with Crippen molar-refractivity contribution in [2.75, 3.05) is 0 Å². The summed E-state index contributed by atoms with van der Waals surface area (Å²) in [4.78, 5) is 0. The minimum atomic E-state index is -0.0496. The molecule has 0 bridgehead atoms. The Bertz CT molecular complexity index is 353. The van der Waals surface area contributed by atoms with Crippen molar-refractivity contribution in [1.82, 2.24) is 0 Å². The molecule has 0 aliphatic carbocycles. The van der Waals surface area contributed by atoms with Crippen LogP contribution in [0, 0.1) is 0 Å².